The Hall–Kier alpha value is -1.10. The van der Waals surface area contributed by atoms with Gasteiger partial charge in [0, 0.05) is 19.6 Å². The Balaban J connectivity index is 2.78. The first kappa shape index (κ1) is 14.0. The van der Waals surface area contributed by atoms with Crippen LogP contribution >= 0.6 is 11.6 Å². The summed E-state index contributed by atoms with van der Waals surface area (Å²) in [6, 6.07) is 0. The quantitative estimate of drug-likeness (QED) is 0.761. The van der Waals surface area contributed by atoms with E-state index in [4.69, 9.17) is 11.6 Å². The second-order valence-corrected chi connectivity index (χ2v) is 4.02. The van der Waals surface area contributed by atoms with Crippen molar-refractivity contribution >= 4 is 23.5 Å². The minimum atomic E-state index is 0.237. The van der Waals surface area contributed by atoms with Crippen molar-refractivity contribution in [3.8, 4) is 0 Å². The van der Waals surface area contributed by atoms with Crippen LogP contribution in [0, 0.1) is 0 Å². The molecule has 1 rings (SSSR count). The van der Waals surface area contributed by atoms with Crippen LogP contribution in [0.15, 0.2) is 0 Å². The highest BCUT2D eigenvalue weighted by atomic mass is 35.5. The molecule has 6 heteroatoms. The molecule has 0 saturated carbocycles. The molecule has 0 aliphatic heterocycles. The van der Waals surface area contributed by atoms with Gasteiger partial charge in [-0.05, 0) is 31.9 Å². The summed E-state index contributed by atoms with van der Waals surface area (Å²) in [6.45, 7) is 8.82. The number of halogens is 1. The van der Waals surface area contributed by atoms with Crippen LogP contribution in [-0.2, 0) is 0 Å². The lowest BCUT2D eigenvalue weighted by Crippen LogP contribution is -2.25. The summed E-state index contributed by atoms with van der Waals surface area (Å²) in [4.78, 5) is 14.6. The Bertz CT molecular complexity index is 341. The number of unbranched alkanes of at least 4 members (excludes halogenated alkanes) is 1. The van der Waals surface area contributed by atoms with Gasteiger partial charge in [0.15, 0.2) is 0 Å². The van der Waals surface area contributed by atoms with Gasteiger partial charge in [0.1, 0.15) is 0 Å². The molecule has 1 N–H and O–H groups in total. The van der Waals surface area contributed by atoms with Crippen LogP contribution in [0.5, 0.6) is 0 Å². The van der Waals surface area contributed by atoms with E-state index in [0.717, 1.165) is 32.5 Å². The van der Waals surface area contributed by atoms with Gasteiger partial charge in [-0.3, -0.25) is 0 Å². The second-order valence-electron chi connectivity index (χ2n) is 3.68. The van der Waals surface area contributed by atoms with Gasteiger partial charge >= 0.3 is 0 Å². The SMILES string of the molecule is CCCCNc1nc(Cl)nc(N(CC)CC)n1. The van der Waals surface area contributed by atoms with E-state index in [0.29, 0.717) is 11.9 Å². The number of nitrogens with one attached hydrogen (secondary N) is 1. The lowest BCUT2D eigenvalue weighted by Gasteiger charge is -2.18. The monoisotopic (exact) mass is 257 g/mol. The number of rotatable bonds is 7. The summed E-state index contributed by atoms with van der Waals surface area (Å²) in [5, 5.41) is 3.39. The van der Waals surface area contributed by atoms with E-state index < -0.39 is 0 Å². The minimum Gasteiger partial charge on any atom is -0.354 e. The molecule has 0 atom stereocenters. The Morgan fingerprint density at radius 1 is 1.12 bits per heavy atom. The van der Waals surface area contributed by atoms with Gasteiger partial charge < -0.3 is 10.2 Å². The molecule has 0 aliphatic rings. The average molecular weight is 258 g/mol. The molecular weight excluding hydrogens is 238 g/mol. The molecule has 5 nitrogen and oxygen atoms in total. The highest BCUT2D eigenvalue weighted by molar-refractivity contribution is 6.28. The number of nitrogens with zero attached hydrogens (tertiary/aromatic N) is 4. The zero-order valence-corrected chi connectivity index (χ0v) is 11.5. The molecule has 17 heavy (non-hydrogen) atoms. The Labute approximate surface area is 108 Å². The van der Waals surface area contributed by atoms with E-state index in [1.807, 2.05) is 4.90 Å². The van der Waals surface area contributed by atoms with Gasteiger partial charge in [0.25, 0.3) is 0 Å². The predicted molar refractivity (Wildman–Crippen MR) is 71.8 cm³/mol. The van der Waals surface area contributed by atoms with Gasteiger partial charge in [-0.1, -0.05) is 13.3 Å². The highest BCUT2D eigenvalue weighted by Crippen LogP contribution is 2.13. The molecule has 96 valence electrons. The second kappa shape index (κ2) is 7.27. The van der Waals surface area contributed by atoms with Crippen LogP contribution in [0.2, 0.25) is 5.28 Å². The molecule has 1 aromatic rings. The lowest BCUT2D eigenvalue weighted by atomic mass is 10.3. The first-order valence-electron chi connectivity index (χ1n) is 6.11. The van der Waals surface area contributed by atoms with Crippen LogP contribution in [0.4, 0.5) is 11.9 Å². The topological polar surface area (TPSA) is 53.9 Å². The number of hydrogen-bond acceptors (Lipinski definition) is 5. The lowest BCUT2D eigenvalue weighted by molar-refractivity contribution is 0.799. The van der Waals surface area contributed by atoms with Crippen molar-refractivity contribution in [2.75, 3.05) is 29.9 Å². The Morgan fingerprint density at radius 2 is 1.82 bits per heavy atom. The average Bonchev–Trinajstić information content (AvgIpc) is 2.30. The zero-order chi connectivity index (χ0) is 12.7. The molecule has 0 aromatic carbocycles. The molecule has 0 amide bonds. The van der Waals surface area contributed by atoms with Crippen molar-refractivity contribution < 1.29 is 0 Å². The molecule has 1 heterocycles. The maximum atomic E-state index is 5.89. The van der Waals surface area contributed by atoms with Crippen molar-refractivity contribution in [2.24, 2.45) is 0 Å². The third-order valence-corrected chi connectivity index (χ3v) is 2.63. The van der Waals surface area contributed by atoms with Gasteiger partial charge in [0.2, 0.25) is 17.2 Å². The van der Waals surface area contributed by atoms with Crippen molar-refractivity contribution in [1.29, 1.82) is 0 Å². The normalized spacial score (nSPS) is 10.4. The Kier molecular flexibility index (Phi) is 5.97. The number of anilines is 2. The summed E-state index contributed by atoms with van der Waals surface area (Å²) in [5.41, 5.74) is 0. The van der Waals surface area contributed by atoms with E-state index in [2.05, 4.69) is 41.0 Å². The molecule has 1 aromatic heterocycles. The molecule has 0 saturated heterocycles. The minimum absolute atomic E-state index is 0.237. The number of aromatic nitrogens is 3. The van der Waals surface area contributed by atoms with Gasteiger partial charge in [-0.2, -0.15) is 15.0 Å². The summed E-state index contributed by atoms with van der Waals surface area (Å²) >= 11 is 5.89. The fourth-order valence-corrected chi connectivity index (χ4v) is 1.60. The van der Waals surface area contributed by atoms with Gasteiger partial charge in [0.05, 0.1) is 0 Å². The van der Waals surface area contributed by atoms with E-state index in [-0.39, 0.29) is 5.28 Å². The summed E-state index contributed by atoms with van der Waals surface area (Å²) < 4.78 is 0. The van der Waals surface area contributed by atoms with Crippen LogP contribution < -0.4 is 10.2 Å². The van der Waals surface area contributed by atoms with Crippen LogP contribution in [-0.4, -0.2) is 34.6 Å². The van der Waals surface area contributed by atoms with Gasteiger partial charge in [-0.25, -0.2) is 0 Å². The third-order valence-electron chi connectivity index (χ3n) is 2.46. The molecule has 0 fully saturated rings. The van der Waals surface area contributed by atoms with E-state index in [1.54, 1.807) is 0 Å². The molecular formula is C11H20ClN5. The highest BCUT2D eigenvalue weighted by Gasteiger charge is 2.09. The van der Waals surface area contributed by atoms with Crippen molar-refractivity contribution in [2.45, 2.75) is 33.6 Å². The van der Waals surface area contributed by atoms with Crippen LogP contribution in [0.25, 0.3) is 0 Å². The maximum absolute atomic E-state index is 5.89. The first-order chi connectivity index (χ1) is 8.21. The maximum Gasteiger partial charge on any atom is 0.231 e. The molecule has 0 aliphatic carbocycles. The van der Waals surface area contributed by atoms with Crippen molar-refractivity contribution in [3.63, 3.8) is 0 Å². The fraction of sp³-hybridized carbons (Fsp3) is 0.727. The van der Waals surface area contributed by atoms with E-state index >= 15 is 0 Å². The summed E-state index contributed by atoms with van der Waals surface area (Å²) in [5.74, 6) is 1.19. The van der Waals surface area contributed by atoms with Crippen LogP contribution in [0.1, 0.15) is 33.6 Å². The number of hydrogen-bond donors (Lipinski definition) is 1. The third kappa shape index (κ3) is 4.34. The molecule has 0 unspecified atom stereocenters. The standard InChI is InChI=1S/C11H20ClN5/c1-4-7-8-13-10-14-9(12)15-11(16-10)17(5-2)6-3/h4-8H2,1-3H3,(H,13,14,15,16). The predicted octanol–water partition coefficient (Wildman–Crippen LogP) is 2.58. The Morgan fingerprint density at radius 3 is 2.41 bits per heavy atom. The summed E-state index contributed by atoms with van der Waals surface area (Å²) in [6.07, 6.45) is 2.22. The zero-order valence-electron chi connectivity index (χ0n) is 10.7. The van der Waals surface area contributed by atoms with E-state index in [1.165, 1.54) is 0 Å². The first-order valence-corrected chi connectivity index (χ1v) is 6.49. The van der Waals surface area contributed by atoms with Crippen molar-refractivity contribution in [3.05, 3.63) is 5.28 Å². The smallest absolute Gasteiger partial charge is 0.231 e. The molecule has 0 spiro atoms. The largest absolute Gasteiger partial charge is 0.354 e. The van der Waals surface area contributed by atoms with Crippen molar-refractivity contribution in [1.82, 2.24) is 15.0 Å². The van der Waals surface area contributed by atoms with Crippen LogP contribution in [0.3, 0.4) is 0 Å². The molecule has 0 radical (unpaired) electrons. The van der Waals surface area contributed by atoms with Gasteiger partial charge in [-0.15, -0.1) is 0 Å². The fourth-order valence-electron chi connectivity index (χ4n) is 1.44. The summed E-state index contributed by atoms with van der Waals surface area (Å²) in [7, 11) is 0. The molecule has 0 bridgehead atoms. The van der Waals surface area contributed by atoms with E-state index in [9.17, 15) is 0 Å².